The number of aromatic nitrogens is 2. The fraction of sp³-hybridized carbons (Fsp3) is 0.143. The quantitative estimate of drug-likeness (QED) is 0.599. The predicted octanol–water partition coefficient (Wildman–Crippen LogP) is 3.24. The number of para-hydroxylation sites is 2. The highest BCUT2D eigenvalue weighted by Crippen LogP contribution is 2.24. The Bertz CT molecular complexity index is 1210. The third-order valence-electron chi connectivity index (χ3n) is 4.84. The Morgan fingerprint density at radius 2 is 1.85 bits per heavy atom. The van der Waals surface area contributed by atoms with Crippen molar-refractivity contribution in [2.75, 3.05) is 0 Å². The Labute approximate surface area is 149 Å². The molecule has 0 radical (unpaired) electrons. The maximum absolute atomic E-state index is 13.2. The minimum Gasteiger partial charge on any atom is -0.388 e. The molecule has 5 nitrogen and oxygen atoms in total. The monoisotopic (exact) mass is 343 g/mol. The van der Waals surface area contributed by atoms with Gasteiger partial charge in [0.2, 0.25) is 0 Å². The van der Waals surface area contributed by atoms with Crippen molar-refractivity contribution in [3.05, 3.63) is 87.2 Å². The summed E-state index contributed by atoms with van der Waals surface area (Å²) in [7, 11) is 0. The number of nitriles is 1. The third-order valence-corrected chi connectivity index (χ3v) is 4.84. The first kappa shape index (κ1) is 16.1. The van der Waals surface area contributed by atoms with Crippen LogP contribution < -0.4 is 5.56 Å². The van der Waals surface area contributed by atoms with Crippen LogP contribution in [0.3, 0.4) is 0 Å². The highest BCUT2D eigenvalue weighted by Gasteiger charge is 2.20. The van der Waals surface area contributed by atoms with Gasteiger partial charge in [0.25, 0.3) is 5.56 Å². The van der Waals surface area contributed by atoms with Gasteiger partial charge in [-0.1, -0.05) is 42.5 Å². The van der Waals surface area contributed by atoms with E-state index in [-0.39, 0.29) is 12.0 Å². The van der Waals surface area contributed by atoms with Gasteiger partial charge in [0, 0.05) is 12.0 Å². The van der Waals surface area contributed by atoms with Crippen LogP contribution in [0.5, 0.6) is 0 Å². The average molecular weight is 343 g/mol. The molecule has 4 rings (SSSR count). The lowest BCUT2D eigenvalue weighted by Gasteiger charge is -2.14. The standard InChI is InChI=1S/C21H17N3O2/c1-13-15(11-19(25)14-7-3-2-4-8-14)21(26)24-18-10-6-5-9-17(18)23-20(24)16(13)12-22/h2-10,19,23,25H,11H2,1H3. The molecule has 0 aliphatic heterocycles. The topological polar surface area (TPSA) is 81.3 Å². The van der Waals surface area contributed by atoms with Crippen LogP contribution in [0.25, 0.3) is 16.7 Å². The van der Waals surface area contributed by atoms with Gasteiger partial charge in [0.15, 0.2) is 0 Å². The van der Waals surface area contributed by atoms with Crippen molar-refractivity contribution >= 4 is 16.7 Å². The molecule has 0 fully saturated rings. The average Bonchev–Trinajstić information content (AvgIpc) is 3.05. The number of imidazole rings is 1. The van der Waals surface area contributed by atoms with Crippen LogP contribution >= 0.6 is 0 Å². The Balaban J connectivity index is 1.97. The zero-order chi connectivity index (χ0) is 18.3. The number of nitrogens with zero attached hydrogens (tertiary/aromatic N) is 2. The van der Waals surface area contributed by atoms with Gasteiger partial charge in [0.1, 0.15) is 11.7 Å². The van der Waals surface area contributed by atoms with Gasteiger partial charge in [-0.05, 0) is 30.2 Å². The van der Waals surface area contributed by atoms with Gasteiger partial charge in [-0.3, -0.25) is 9.20 Å². The molecule has 2 aromatic heterocycles. The van der Waals surface area contributed by atoms with Crippen LogP contribution in [-0.2, 0) is 6.42 Å². The van der Waals surface area contributed by atoms with Crippen LogP contribution in [0.1, 0.15) is 28.4 Å². The molecule has 0 bridgehead atoms. The van der Waals surface area contributed by atoms with E-state index >= 15 is 0 Å². The molecule has 1 atom stereocenters. The van der Waals surface area contributed by atoms with Crippen molar-refractivity contribution in [1.29, 1.82) is 5.26 Å². The lowest BCUT2D eigenvalue weighted by atomic mass is 9.97. The summed E-state index contributed by atoms with van der Waals surface area (Å²) in [6.07, 6.45) is -0.649. The van der Waals surface area contributed by atoms with Crippen molar-refractivity contribution < 1.29 is 5.11 Å². The Kier molecular flexibility index (Phi) is 3.83. The number of aliphatic hydroxyl groups excluding tert-OH is 1. The fourth-order valence-electron chi connectivity index (χ4n) is 3.45. The van der Waals surface area contributed by atoms with E-state index < -0.39 is 6.10 Å². The molecule has 0 saturated carbocycles. The van der Waals surface area contributed by atoms with Gasteiger partial charge in [-0.25, -0.2) is 0 Å². The Morgan fingerprint density at radius 1 is 1.15 bits per heavy atom. The summed E-state index contributed by atoms with van der Waals surface area (Å²) in [5.41, 5.74) is 4.04. The van der Waals surface area contributed by atoms with Crippen LogP contribution in [0.4, 0.5) is 0 Å². The molecule has 0 saturated heterocycles. The normalized spacial score (nSPS) is 12.3. The number of aliphatic hydroxyl groups is 1. The van der Waals surface area contributed by atoms with Gasteiger partial charge in [0.05, 0.1) is 22.7 Å². The summed E-state index contributed by atoms with van der Waals surface area (Å²) in [5.74, 6) is 0. The molecule has 2 N–H and O–H groups in total. The summed E-state index contributed by atoms with van der Waals surface area (Å²) in [4.78, 5) is 16.4. The smallest absolute Gasteiger partial charge is 0.260 e. The number of H-pyrrole nitrogens is 1. The van der Waals surface area contributed by atoms with E-state index in [2.05, 4.69) is 11.1 Å². The van der Waals surface area contributed by atoms with E-state index in [4.69, 9.17) is 0 Å². The van der Waals surface area contributed by atoms with Gasteiger partial charge >= 0.3 is 0 Å². The van der Waals surface area contributed by atoms with Crippen LogP contribution in [-0.4, -0.2) is 14.5 Å². The molecule has 0 aliphatic carbocycles. The summed E-state index contributed by atoms with van der Waals surface area (Å²) in [6, 6.07) is 18.9. The summed E-state index contributed by atoms with van der Waals surface area (Å²) in [5, 5.41) is 20.2. The zero-order valence-electron chi connectivity index (χ0n) is 14.2. The van der Waals surface area contributed by atoms with Gasteiger partial charge < -0.3 is 10.1 Å². The molecule has 26 heavy (non-hydrogen) atoms. The molecule has 128 valence electrons. The summed E-state index contributed by atoms with van der Waals surface area (Å²) < 4.78 is 1.54. The molecule has 2 heterocycles. The van der Waals surface area contributed by atoms with E-state index in [0.717, 1.165) is 16.6 Å². The molecule has 2 aromatic carbocycles. The number of pyridine rings is 1. The third kappa shape index (κ3) is 2.40. The molecule has 1 unspecified atom stereocenters. The first-order valence-corrected chi connectivity index (χ1v) is 8.40. The first-order chi connectivity index (χ1) is 12.6. The van der Waals surface area contributed by atoms with Gasteiger partial charge in [-0.15, -0.1) is 0 Å². The van der Waals surface area contributed by atoms with Crippen LogP contribution in [0, 0.1) is 18.3 Å². The van der Waals surface area contributed by atoms with Crippen molar-refractivity contribution in [3.63, 3.8) is 0 Å². The molecular formula is C21H17N3O2. The number of benzene rings is 2. The molecule has 0 spiro atoms. The van der Waals surface area contributed by atoms with Crippen molar-refractivity contribution in [2.45, 2.75) is 19.4 Å². The summed E-state index contributed by atoms with van der Waals surface area (Å²) >= 11 is 0. The maximum Gasteiger partial charge on any atom is 0.260 e. The number of nitrogens with one attached hydrogen (secondary N) is 1. The zero-order valence-corrected chi connectivity index (χ0v) is 14.2. The van der Waals surface area contributed by atoms with E-state index in [9.17, 15) is 15.2 Å². The lowest BCUT2D eigenvalue weighted by molar-refractivity contribution is 0.178. The van der Waals surface area contributed by atoms with E-state index in [1.165, 1.54) is 4.40 Å². The predicted molar refractivity (Wildman–Crippen MR) is 100 cm³/mol. The number of hydrogen-bond acceptors (Lipinski definition) is 3. The highest BCUT2D eigenvalue weighted by molar-refractivity contribution is 5.82. The Hall–Kier alpha value is -3.36. The SMILES string of the molecule is Cc1c(CC(O)c2ccccc2)c(=O)n2c([nH]c3ccccc32)c1C#N. The maximum atomic E-state index is 13.2. The number of aromatic amines is 1. The second-order valence-electron chi connectivity index (χ2n) is 6.35. The fourth-order valence-corrected chi connectivity index (χ4v) is 3.45. The van der Waals surface area contributed by atoms with Crippen molar-refractivity contribution in [1.82, 2.24) is 9.38 Å². The molecule has 4 aromatic rings. The number of fused-ring (bicyclic) bond motifs is 3. The van der Waals surface area contributed by atoms with Crippen LogP contribution in [0.15, 0.2) is 59.4 Å². The number of hydrogen-bond donors (Lipinski definition) is 2. The largest absolute Gasteiger partial charge is 0.388 e. The highest BCUT2D eigenvalue weighted by atomic mass is 16.3. The molecule has 0 amide bonds. The molecule has 5 heteroatoms. The van der Waals surface area contributed by atoms with Crippen molar-refractivity contribution in [2.24, 2.45) is 0 Å². The van der Waals surface area contributed by atoms with Gasteiger partial charge in [-0.2, -0.15) is 5.26 Å². The van der Waals surface area contributed by atoms with E-state index in [1.807, 2.05) is 54.6 Å². The molecule has 0 aliphatic rings. The second kappa shape index (κ2) is 6.17. The lowest BCUT2D eigenvalue weighted by Crippen LogP contribution is -2.22. The first-order valence-electron chi connectivity index (χ1n) is 8.40. The molecular weight excluding hydrogens is 326 g/mol. The summed E-state index contributed by atoms with van der Waals surface area (Å²) in [6.45, 7) is 1.76. The van der Waals surface area contributed by atoms with E-state index in [0.29, 0.717) is 22.3 Å². The number of rotatable bonds is 3. The Morgan fingerprint density at radius 3 is 2.58 bits per heavy atom. The minimum atomic E-state index is -0.808. The van der Waals surface area contributed by atoms with Crippen LogP contribution in [0.2, 0.25) is 0 Å². The second-order valence-corrected chi connectivity index (χ2v) is 6.35. The minimum absolute atomic E-state index is 0.159. The van der Waals surface area contributed by atoms with E-state index in [1.54, 1.807) is 6.92 Å². The van der Waals surface area contributed by atoms with Crippen molar-refractivity contribution in [3.8, 4) is 6.07 Å².